The number of carbonyl (C=O) groups is 1. The van der Waals surface area contributed by atoms with Gasteiger partial charge in [0, 0.05) is 30.4 Å². The quantitative estimate of drug-likeness (QED) is 0.916. The van der Waals surface area contributed by atoms with Crippen LogP contribution in [-0.2, 0) is 30.7 Å². The Morgan fingerprint density at radius 3 is 3.30 bits per heavy atom. The van der Waals surface area contributed by atoms with Gasteiger partial charge in [-0.15, -0.1) is 11.3 Å². The molecule has 0 saturated heterocycles. The van der Waals surface area contributed by atoms with Crippen molar-refractivity contribution in [3.8, 4) is 0 Å². The van der Waals surface area contributed by atoms with Crippen LogP contribution in [0.1, 0.15) is 28.5 Å². The number of thiophene rings is 1. The van der Waals surface area contributed by atoms with Crippen LogP contribution in [0.5, 0.6) is 0 Å². The molecule has 7 heteroatoms. The maximum absolute atomic E-state index is 12.5. The summed E-state index contributed by atoms with van der Waals surface area (Å²) in [5, 5.41) is 9.94. The van der Waals surface area contributed by atoms with E-state index < -0.39 is 0 Å². The van der Waals surface area contributed by atoms with Crippen LogP contribution in [0.4, 0.5) is 0 Å². The SMILES string of the molecule is Cc1nc2n(n1)C[C@H](NCC(=O)N1CCc3sccc3C1)CC2. The van der Waals surface area contributed by atoms with Gasteiger partial charge in [-0.3, -0.25) is 4.79 Å². The second kappa shape index (κ2) is 6.05. The van der Waals surface area contributed by atoms with E-state index in [1.165, 1.54) is 10.4 Å². The summed E-state index contributed by atoms with van der Waals surface area (Å²) in [6.07, 6.45) is 2.93. The minimum Gasteiger partial charge on any atom is -0.337 e. The molecule has 23 heavy (non-hydrogen) atoms. The molecule has 6 nitrogen and oxygen atoms in total. The molecular weight excluding hydrogens is 310 g/mol. The Balaban J connectivity index is 1.31. The molecular formula is C16H21N5OS. The molecule has 2 aromatic rings. The summed E-state index contributed by atoms with van der Waals surface area (Å²) in [6, 6.07) is 2.44. The van der Waals surface area contributed by atoms with E-state index in [4.69, 9.17) is 0 Å². The van der Waals surface area contributed by atoms with Crippen molar-refractivity contribution in [3.05, 3.63) is 33.5 Å². The molecule has 0 saturated carbocycles. The number of aromatic nitrogens is 3. The summed E-state index contributed by atoms with van der Waals surface area (Å²) in [7, 11) is 0. The largest absolute Gasteiger partial charge is 0.337 e. The fourth-order valence-electron chi connectivity index (χ4n) is 3.41. The predicted octanol–water partition coefficient (Wildman–Crippen LogP) is 1.14. The third kappa shape index (κ3) is 3.03. The van der Waals surface area contributed by atoms with Crippen molar-refractivity contribution >= 4 is 17.2 Å². The van der Waals surface area contributed by atoms with E-state index in [1.54, 1.807) is 11.3 Å². The minimum atomic E-state index is 0.197. The van der Waals surface area contributed by atoms with Gasteiger partial charge in [0.2, 0.25) is 5.91 Å². The van der Waals surface area contributed by atoms with Crippen LogP contribution in [-0.4, -0.2) is 44.7 Å². The first-order chi connectivity index (χ1) is 11.2. The molecule has 1 atom stereocenters. The molecule has 2 aliphatic heterocycles. The molecule has 1 amide bonds. The number of amides is 1. The number of carbonyl (C=O) groups excluding carboxylic acids is 1. The van der Waals surface area contributed by atoms with Gasteiger partial charge in [-0.25, -0.2) is 9.67 Å². The Morgan fingerprint density at radius 1 is 1.48 bits per heavy atom. The Labute approximate surface area is 139 Å². The maximum atomic E-state index is 12.5. The van der Waals surface area contributed by atoms with Crippen molar-refractivity contribution in [2.24, 2.45) is 0 Å². The number of nitrogens with one attached hydrogen (secondary N) is 1. The monoisotopic (exact) mass is 331 g/mol. The lowest BCUT2D eigenvalue weighted by molar-refractivity contribution is -0.131. The second-order valence-electron chi connectivity index (χ2n) is 6.31. The number of rotatable bonds is 3. The second-order valence-corrected chi connectivity index (χ2v) is 7.31. The van der Waals surface area contributed by atoms with Gasteiger partial charge >= 0.3 is 0 Å². The Bertz CT molecular complexity index is 722. The highest BCUT2D eigenvalue weighted by Gasteiger charge is 2.24. The van der Waals surface area contributed by atoms with E-state index >= 15 is 0 Å². The standard InChI is InChI=1S/C16H21N5OS/c1-11-18-15-3-2-13(10-21(15)19-11)17-8-16(22)20-6-4-14-12(9-20)5-7-23-14/h5,7,13,17H,2-4,6,8-10H2,1H3/t13-/m1/s1. The van der Waals surface area contributed by atoms with Gasteiger partial charge < -0.3 is 10.2 Å². The number of hydrogen-bond acceptors (Lipinski definition) is 5. The maximum Gasteiger partial charge on any atom is 0.236 e. The minimum absolute atomic E-state index is 0.197. The zero-order valence-corrected chi connectivity index (χ0v) is 14.1. The van der Waals surface area contributed by atoms with Crippen molar-refractivity contribution in [3.63, 3.8) is 0 Å². The highest BCUT2D eigenvalue weighted by atomic mass is 32.1. The summed E-state index contributed by atoms with van der Waals surface area (Å²) >= 11 is 1.80. The van der Waals surface area contributed by atoms with Gasteiger partial charge in [-0.2, -0.15) is 5.10 Å². The van der Waals surface area contributed by atoms with E-state index in [2.05, 4.69) is 26.8 Å². The molecule has 0 spiro atoms. The van der Waals surface area contributed by atoms with Gasteiger partial charge in [0.15, 0.2) is 0 Å². The van der Waals surface area contributed by atoms with E-state index in [-0.39, 0.29) is 5.91 Å². The summed E-state index contributed by atoms with van der Waals surface area (Å²) in [5.41, 5.74) is 1.31. The summed E-state index contributed by atoms with van der Waals surface area (Å²) in [5.74, 6) is 2.09. The van der Waals surface area contributed by atoms with E-state index in [0.29, 0.717) is 12.6 Å². The number of hydrogen-bond donors (Lipinski definition) is 1. The number of aryl methyl sites for hydroxylation is 2. The van der Waals surface area contributed by atoms with Crippen molar-refractivity contribution in [2.75, 3.05) is 13.1 Å². The Kier molecular flexibility index (Phi) is 3.90. The molecule has 0 unspecified atom stereocenters. The summed E-state index contributed by atoms with van der Waals surface area (Å²) in [4.78, 5) is 20.3. The third-order valence-electron chi connectivity index (χ3n) is 4.67. The molecule has 0 bridgehead atoms. The molecule has 1 N–H and O–H groups in total. The van der Waals surface area contributed by atoms with Crippen LogP contribution in [0.25, 0.3) is 0 Å². The van der Waals surface area contributed by atoms with Gasteiger partial charge in [0.25, 0.3) is 0 Å². The van der Waals surface area contributed by atoms with Gasteiger partial charge in [0.1, 0.15) is 11.6 Å². The van der Waals surface area contributed by atoms with Gasteiger partial charge in [-0.05, 0) is 36.8 Å². The lowest BCUT2D eigenvalue weighted by Gasteiger charge is -2.29. The molecule has 4 rings (SSSR count). The first-order valence-corrected chi connectivity index (χ1v) is 9.04. The van der Waals surface area contributed by atoms with Crippen LogP contribution in [0, 0.1) is 6.92 Å². The summed E-state index contributed by atoms with van der Waals surface area (Å²) < 4.78 is 1.97. The van der Waals surface area contributed by atoms with E-state index in [1.807, 2.05) is 16.5 Å². The molecule has 2 aromatic heterocycles. The molecule has 4 heterocycles. The molecule has 122 valence electrons. The number of nitrogens with zero attached hydrogens (tertiary/aromatic N) is 4. The molecule has 0 aliphatic carbocycles. The molecule has 2 aliphatic rings. The van der Waals surface area contributed by atoms with Crippen molar-refractivity contribution in [1.82, 2.24) is 25.0 Å². The highest BCUT2D eigenvalue weighted by Crippen LogP contribution is 2.23. The zero-order chi connectivity index (χ0) is 15.8. The Morgan fingerprint density at radius 2 is 2.39 bits per heavy atom. The highest BCUT2D eigenvalue weighted by molar-refractivity contribution is 7.10. The fourth-order valence-corrected chi connectivity index (χ4v) is 4.29. The molecule has 0 fully saturated rings. The molecule has 0 radical (unpaired) electrons. The van der Waals surface area contributed by atoms with Crippen LogP contribution in [0.2, 0.25) is 0 Å². The van der Waals surface area contributed by atoms with Gasteiger partial charge in [0.05, 0.1) is 13.1 Å². The van der Waals surface area contributed by atoms with Crippen LogP contribution in [0.3, 0.4) is 0 Å². The topological polar surface area (TPSA) is 63.1 Å². The smallest absolute Gasteiger partial charge is 0.236 e. The fraction of sp³-hybridized carbons (Fsp3) is 0.562. The number of fused-ring (bicyclic) bond motifs is 2. The van der Waals surface area contributed by atoms with Gasteiger partial charge in [-0.1, -0.05) is 0 Å². The van der Waals surface area contributed by atoms with Crippen molar-refractivity contribution < 1.29 is 4.79 Å². The molecule has 0 aromatic carbocycles. The van der Waals surface area contributed by atoms with Crippen LogP contribution in [0.15, 0.2) is 11.4 Å². The van der Waals surface area contributed by atoms with Crippen molar-refractivity contribution in [2.45, 2.75) is 45.3 Å². The first kappa shape index (κ1) is 14.8. The third-order valence-corrected chi connectivity index (χ3v) is 5.69. The lowest BCUT2D eigenvalue weighted by Crippen LogP contribution is -2.45. The average molecular weight is 331 g/mol. The van der Waals surface area contributed by atoms with Crippen molar-refractivity contribution in [1.29, 1.82) is 0 Å². The lowest BCUT2D eigenvalue weighted by atomic mass is 10.1. The Hall–Kier alpha value is -1.73. The van der Waals surface area contributed by atoms with Crippen LogP contribution >= 0.6 is 11.3 Å². The zero-order valence-electron chi connectivity index (χ0n) is 13.3. The van der Waals surface area contributed by atoms with E-state index in [9.17, 15) is 4.79 Å². The summed E-state index contributed by atoms with van der Waals surface area (Å²) in [6.45, 7) is 4.74. The first-order valence-electron chi connectivity index (χ1n) is 8.16. The van der Waals surface area contributed by atoms with Crippen LogP contribution < -0.4 is 5.32 Å². The average Bonchev–Trinajstić information content (AvgIpc) is 3.16. The van der Waals surface area contributed by atoms with E-state index in [0.717, 1.165) is 50.5 Å². The predicted molar refractivity (Wildman–Crippen MR) is 88.3 cm³/mol. The normalized spacial score (nSPS) is 20.2.